The molecular formula is C24H22N4O2S. The maximum Gasteiger partial charge on any atom is 0.274 e. The second-order valence-corrected chi connectivity index (χ2v) is 7.92. The number of carbonyl (C=O) groups is 1. The van der Waals surface area contributed by atoms with Crippen molar-refractivity contribution in [2.75, 3.05) is 12.4 Å². The minimum Gasteiger partial charge on any atom is -0.496 e. The monoisotopic (exact) mass is 430 g/mol. The molecule has 2 aromatic heterocycles. The number of allylic oxidation sites excluding steroid dienone is 1. The average molecular weight is 431 g/mol. The summed E-state index contributed by atoms with van der Waals surface area (Å²) in [4.78, 5) is 18.7. The van der Waals surface area contributed by atoms with Gasteiger partial charge in [-0.1, -0.05) is 54.1 Å². The first-order valence-corrected chi connectivity index (χ1v) is 10.7. The quantitative estimate of drug-likeness (QED) is 0.404. The number of para-hydroxylation sites is 1. The molecule has 1 N–H and O–H groups in total. The van der Waals surface area contributed by atoms with Crippen LogP contribution in [0.4, 0.5) is 5.95 Å². The van der Waals surface area contributed by atoms with Crippen LogP contribution >= 0.6 is 11.3 Å². The second kappa shape index (κ2) is 9.40. The molecule has 31 heavy (non-hydrogen) atoms. The number of carbonyl (C=O) groups excluding carboxylic acids is 1. The SMILES string of the molecule is COc1ccccc1C=CC(=O)n1nc(-c2ccc(C)cc2)nc1NCc1cccs1. The summed E-state index contributed by atoms with van der Waals surface area (Å²) >= 11 is 1.64. The molecule has 4 rings (SSSR count). The Kier molecular flexibility index (Phi) is 6.24. The van der Waals surface area contributed by atoms with Gasteiger partial charge < -0.3 is 10.1 Å². The summed E-state index contributed by atoms with van der Waals surface area (Å²) in [5, 5.41) is 9.73. The van der Waals surface area contributed by atoms with Crippen LogP contribution in [-0.4, -0.2) is 27.8 Å². The number of aryl methyl sites for hydroxylation is 1. The molecule has 2 aromatic carbocycles. The van der Waals surface area contributed by atoms with Crippen LogP contribution < -0.4 is 10.1 Å². The largest absolute Gasteiger partial charge is 0.496 e. The van der Waals surface area contributed by atoms with E-state index in [0.29, 0.717) is 24.1 Å². The molecule has 2 heterocycles. The minimum absolute atomic E-state index is 0.301. The standard InChI is InChI=1S/C24H22N4O2S/c1-17-9-11-19(12-10-17)23-26-24(25-16-20-7-5-15-31-20)28(27-23)22(29)14-13-18-6-3-4-8-21(18)30-2/h3-15H,16H2,1-2H3,(H,25,26,27). The van der Waals surface area contributed by atoms with Crippen molar-refractivity contribution < 1.29 is 9.53 Å². The summed E-state index contributed by atoms with van der Waals surface area (Å²) in [5.41, 5.74) is 2.81. The lowest BCUT2D eigenvalue weighted by Crippen LogP contribution is -2.14. The van der Waals surface area contributed by atoms with Crippen molar-refractivity contribution >= 4 is 29.3 Å². The van der Waals surface area contributed by atoms with Crippen LogP contribution in [0.1, 0.15) is 20.8 Å². The number of nitrogens with zero attached hydrogens (tertiary/aromatic N) is 3. The number of aromatic nitrogens is 3. The highest BCUT2D eigenvalue weighted by atomic mass is 32.1. The maximum atomic E-state index is 13.0. The number of ether oxygens (including phenoxy) is 1. The fourth-order valence-electron chi connectivity index (χ4n) is 3.02. The molecule has 7 heteroatoms. The molecule has 0 spiro atoms. The lowest BCUT2D eigenvalue weighted by Gasteiger charge is -2.05. The zero-order chi connectivity index (χ0) is 21.6. The van der Waals surface area contributed by atoms with Gasteiger partial charge in [-0.05, 0) is 30.5 Å². The first-order valence-electron chi connectivity index (χ1n) is 9.80. The third-order valence-corrected chi connectivity index (χ3v) is 5.55. The number of hydrogen-bond donors (Lipinski definition) is 1. The Hall–Kier alpha value is -3.71. The summed E-state index contributed by atoms with van der Waals surface area (Å²) < 4.78 is 6.65. The molecule has 0 fully saturated rings. The predicted octanol–water partition coefficient (Wildman–Crippen LogP) is 5.29. The summed E-state index contributed by atoms with van der Waals surface area (Å²) in [6.07, 6.45) is 3.19. The van der Waals surface area contributed by atoms with Gasteiger partial charge in [-0.2, -0.15) is 9.67 Å². The molecular weight excluding hydrogens is 408 g/mol. The van der Waals surface area contributed by atoms with E-state index in [9.17, 15) is 4.79 Å². The number of anilines is 1. The van der Waals surface area contributed by atoms with Crippen LogP contribution in [0.2, 0.25) is 0 Å². The van der Waals surface area contributed by atoms with Crippen LogP contribution in [0.3, 0.4) is 0 Å². The van der Waals surface area contributed by atoms with Crippen molar-refractivity contribution in [2.45, 2.75) is 13.5 Å². The summed E-state index contributed by atoms with van der Waals surface area (Å²) in [6.45, 7) is 2.59. The number of methoxy groups -OCH3 is 1. The molecule has 0 bridgehead atoms. The van der Waals surface area contributed by atoms with E-state index in [1.54, 1.807) is 24.5 Å². The lowest BCUT2D eigenvalue weighted by molar-refractivity contribution is 0.0957. The maximum absolute atomic E-state index is 13.0. The molecule has 0 atom stereocenters. The first-order chi connectivity index (χ1) is 15.1. The Labute approximate surface area is 184 Å². The van der Waals surface area contributed by atoms with Gasteiger partial charge in [-0.25, -0.2) is 0 Å². The van der Waals surface area contributed by atoms with Gasteiger partial charge in [0.2, 0.25) is 5.95 Å². The molecule has 0 aliphatic heterocycles. The zero-order valence-corrected chi connectivity index (χ0v) is 18.1. The van der Waals surface area contributed by atoms with Crippen molar-refractivity contribution in [3.8, 4) is 17.1 Å². The van der Waals surface area contributed by atoms with Crippen LogP contribution in [0.15, 0.2) is 72.1 Å². The molecule has 4 aromatic rings. The molecule has 0 unspecified atom stereocenters. The molecule has 0 amide bonds. The van der Waals surface area contributed by atoms with Crippen molar-refractivity contribution in [1.29, 1.82) is 0 Å². The van der Waals surface area contributed by atoms with Gasteiger partial charge in [0.05, 0.1) is 13.7 Å². The van der Waals surface area contributed by atoms with Crippen LogP contribution in [0.25, 0.3) is 17.5 Å². The van der Waals surface area contributed by atoms with Gasteiger partial charge in [0, 0.05) is 22.1 Å². The number of benzene rings is 2. The van der Waals surface area contributed by atoms with Crippen molar-refractivity contribution in [3.63, 3.8) is 0 Å². The Bertz CT molecular complexity index is 1190. The van der Waals surface area contributed by atoms with Crippen LogP contribution in [0, 0.1) is 6.92 Å². The van der Waals surface area contributed by atoms with E-state index in [1.807, 2.05) is 73.0 Å². The summed E-state index contributed by atoms with van der Waals surface area (Å²) in [6, 6.07) is 19.4. The zero-order valence-electron chi connectivity index (χ0n) is 17.3. The smallest absolute Gasteiger partial charge is 0.274 e. The normalized spacial score (nSPS) is 11.0. The fourth-order valence-corrected chi connectivity index (χ4v) is 3.66. The van der Waals surface area contributed by atoms with Gasteiger partial charge in [0.25, 0.3) is 5.91 Å². The molecule has 6 nitrogen and oxygen atoms in total. The Morgan fingerprint density at radius 3 is 2.68 bits per heavy atom. The molecule has 0 saturated carbocycles. The van der Waals surface area contributed by atoms with E-state index in [2.05, 4.69) is 15.4 Å². The highest BCUT2D eigenvalue weighted by molar-refractivity contribution is 7.09. The topological polar surface area (TPSA) is 69.0 Å². The van der Waals surface area contributed by atoms with Gasteiger partial charge >= 0.3 is 0 Å². The number of nitrogens with one attached hydrogen (secondary N) is 1. The predicted molar refractivity (Wildman–Crippen MR) is 124 cm³/mol. The van der Waals surface area contributed by atoms with Crippen molar-refractivity contribution in [3.05, 3.63) is 88.1 Å². The van der Waals surface area contributed by atoms with Crippen LogP contribution in [0.5, 0.6) is 5.75 Å². The summed E-state index contributed by atoms with van der Waals surface area (Å²) in [5.74, 6) is 1.29. The number of rotatable bonds is 7. The molecule has 0 radical (unpaired) electrons. The molecule has 0 aliphatic carbocycles. The Balaban J connectivity index is 1.64. The van der Waals surface area contributed by atoms with E-state index in [4.69, 9.17) is 4.74 Å². The average Bonchev–Trinajstić information content (AvgIpc) is 3.47. The van der Waals surface area contributed by atoms with E-state index >= 15 is 0 Å². The van der Waals surface area contributed by atoms with E-state index in [1.165, 1.54) is 10.8 Å². The van der Waals surface area contributed by atoms with E-state index in [-0.39, 0.29) is 5.91 Å². The second-order valence-electron chi connectivity index (χ2n) is 6.88. The third kappa shape index (κ3) is 4.90. The molecule has 0 aliphatic rings. The molecule has 156 valence electrons. The van der Waals surface area contributed by atoms with Gasteiger partial charge in [0.1, 0.15) is 5.75 Å². The van der Waals surface area contributed by atoms with E-state index in [0.717, 1.165) is 21.6 Å². The highest BCUT2D eigenvalue weighted by Crippen LogP contribution is 2.21. The Morgan fingerprint density at radius 1 is 1.13 bits per heavy atom. The van der Waals surface area contributed by atoms with Crippen LogP contribution in [-0.2, 0) is 6.54 Å². The fraction of sp³-hybridized carbons (Fsp3) is 0.125. The van der Waals surface area contributed by atoms with Gasteiger partial charge in [-0.15, -0.1) is 16.4 Å². The van der Waals surface area contributed by atoms with Crippen molar-refractivity contribution in [2.24, 2.45) is 0 Å². The van der Waals surface area contributed by atoms with Gasteiger partial charge in [-0.3, -0.25) is 4.79 Å². The third-order valence-electron chi connectivity index (χ3n) is 4.67. The van der Waals surface area contributed by atoms with E-state index < -0.39 is 0 Å². The lowest BCUT2D eigenvalue weighted by atomic mass is 10.1. The Morgan fingerprint density at radius 2 is 1.94 bits per heavy atom. The first kappa shape index (κ1) is 20.6. The summed E-state index contributed by atoms with van der Waals surface area (Å²) in [7, 11) is 1.60. The number of hydrogen-bond acceptors (Lipinski definition) is 6. The minimum atomic E-state index is -0.301. The highest BCUT2D eigenvalue weighted by Gasteiger charge is 2.16. The number of thiophene rings is 1. The van der Waals surface area contributed by atoms with Crippen molar-refractivity contribution in [1.82, 2.24) is 14.8 Å². The van der Waals surface area contributed by atoms with Gasteiger partial charge in [0.15, 0.2) is 5.82 Å². The molecule has 0 saturated heterocycles.